The number of phenolic OH excluding ortho intramolecular Hbond substituents is 1. The van der Waals surface area contributed by atoms with E-state index >= 15 is 0 Å². The molecule has 1 atom stereocenters. The highest BCUT2D eigenvalue weighted by Gasteiger charge is 2.32. The van der Waals surface area contributed by atoms with Crippen molar-refractivity contribution in [2.45, 2.75) is 31.7 Å². The molecule has 1 fully saturated rings. The Morgan fingerprint density at radius 1 is 1.27 bits per heavy atom. The molecule has 1 aromatic carbocycles. The molecule has 0 aliphatic carbocycles. The first-order valence-electron chi connectivity index (χ1n) is 10.1. The molecule has 3 rings (SSSR count). The van der Waals surface area contributed by atoms with Crippen molar-refractivity contribution in [3.8, 4) is 5.75 Å². The summed E-state index contributed by atoms with van der Waals surface area (Å²) in [6.45, 7) is 0.772. The summed E-state index contributed by atoms with van der Waals surface area (Å²) in [6, 6.07) is 5.38. The second-order valence-corrected chi connectivity index (χ2v) is 9.43. The van der Waals surface area contributed by atoms with Gasteiger partial charge in [0.2, 0.25) is 15.9 Å². The molecule has 9 heteroatoms. The van der Waals surface area contributed by atoms with Crippen LogP contribution in [0.5, 0.6) is 5.75 Å². The number of carbonyl (C=O) groups excluding carboxylic acids is 1. The standard InChI is InChI=1S/C21H28FN3O4S/c22-10-7-16-8-12-25(13-9-16)21(27)20(14-17-3-5-18(26)6-4-17)24-30(28,29)19-2-1-11-23-15-19/h1-6,11,16,20,23-24,26H,7-10,12-15H2/t20-/m0/s1. The predicted molar refractivity (Wildman–Crippen MR) is 113 cm³/mol. The van der Waals surface area contributed by atoms with Crippen LogP contribution in [-0.2, 0) is 21.2 Å². The first kappa shape index (κ1) is 22.3. The highest BCUT2D eigenvalue weighted by atomic mass is 32.2. The number of carbonyl (C=O) groups is 1. The summed E-state index contributed by atoms with van der Waals surface area (Å²) in [5.41, 5.74) is 0.733. The molecule has 0 spiro atoms. The summed E-state index contributed by atoms with van der Waals surface area (Å²) in [5, 5.41) is 12.4. The Balaban J connectivity index is 1.76. The Hall–Kier alpha value is -2.39. The van der Waals surface area contributed by atoms with Gasteiger partial charge in [-0.3, -0.25) is 9.18 Å². The predicted octanol–water partition coefficient (Wildman–Crippen LogP) is 1.82. The quantitative estimate of drug-likeness (QED) is 0.576. The number of likely N-dealkylation sites (tertiary alicyclic amines) is 1. The van der Waals surface area contributed by atoms with Crippen molar-refractivity contribution in [1.82, 2.24) is 14.9 Å². The van der Waals surface area contributed by atoms with Gasteiger partial charge in [-0.25, -0.2) is 8.42 Å². The summed E-state index contributed by atoms with van der Waals surface area (Å²) in [7, 11) is -3.86. The van der Waals surface area contributed by atoms with E-state index < -0.39 is 16.1 Å². The number of dihydropyridines is 1. The minimum absolute atomic E-state index is 0.0994. The van der Waals surface area contributed by atoms with Gasteiger partial charge < -0.3 is 15.3 Å². The van der Waals surface area contributed by atoms with E-state index in [4.69, 9.17) is 0 Å². The molecule has 0 bridgehead atoms. The number of sulfonamides is 1. The van der Waals surface area contributed by atoms with Crippen LogP contribution in [0.15, 0.2) is 47.5 Å². The van der Waals surface area contributed by atoms with Crippen LogP contribution in [0.2, 0.25) is 0 Å². The molecular formula is C21H28FN3O4S. The Labute approximate surface area is 176 Å². The molecule has 164 valence electrons. The number of benzene rings is 1. The summed E-state index contributed by atoms with van der Waals surface area (Å²) in [6.07, 6.45) is 6.86. The van der Waals surface area contributed by atoms with Crippen molar-refractivity contribution in [3.63, 3.8) is 0 Å². The van der Waals surface area contributed by atoms with Crippen LogP contribution >= 0.6 is 0 Å². The van der Waals surface area contributed by atoms with E-state index in [1.54, 1.807) is 29.3 Å². The second kappa shape index (κ2) is 10.1. The van der Waals surface area contributed by atoms with Gasteiger partial charge in [-0.15, -0.1) is 0 Å². The number of nitrogens with one attached hydrogen (secondary N) is 2. The fraction of sp³-hybridized carbons (Fsp3) is 0.476. The lowest BCUT2D eigenvalue weighted by molar-refractivity contribution is -0.134. The molecular weight excluding hydrogens is 409 g/mol. The maximum Gasteiger partial charge on any atom is 0.241 e. The third-order valence-corrected chi connectivity index (χ3v) is 7.10. The molecule has 0 saturated carbocycles. The van der Waals surface area contributed by atoms with E-state index in [2.05, 4.69) is 10.0 Å². The van der Waals surface area contributed by atoms with E-state index in [0.717, 1.165) is 5.56 Å². The molecule has 1 aromatic rings. The minimum Gasteiger partial charge on any atom is -0.508 e. The molecule has 2 aliphatic rings. The summed E-state index contributed by atoms with van der Waals surface area (Å²) < 4.78 is 40.9. The molecule has 0 radical (unpaired) electrons. The first-order valence-corrected chi connectivity index (χ1v) is 11.6. The third-order valence-electron chi connectivity index (χ3n) is 5.53. The Bertz CT molecular complexity index is 891. The van der Waals surface area contributed by atoms with E-state index in [1.165, 1.54) is 18.2 Å². The van der Waals surface area contributed by atoms with Crippen molar-refractivity contribution < 1.29 is 22.7 Å². The molecule has 1 saturated heterocycles. The lowest BCUT2D eigenvalue weighted by Gasteiger charge is -2.34. The number of hydrogen-bond acceptors (Lipinski definition) is 5. The molecule has 0 aromatic heterocycles. The van der Waals surface area contributed by atoms with Gasteiger partial charge in [0.05, 0.1) is 18.1 Å². The second-order valence-electron chi connectivity index (χ2n) is 7.66. The van der Waals surface area contributed by atoms with E-state index in [1.807, 2.05) is 0 Å². The molecule has 7 nitrogen and oxygen atoms in total. The average Bonchev–Trinajstić information content (AvgIpc) is 2.75. The Morgan fingerprint density at radius 3 is 2.57 bits per heavy atom. The van der Waals surface area contributed by atoms with Crippen LogP contribution in [0.3, 0.4) is 0 Å². The number of nitrogens with zero attached hydrogens (tertiary/aromatic N) is 1. The number of phenols is 1. The van der Waals surface area contributed by atoms with Crippen LogP contribution in [0, 0.1) is 5.92 Å². The van der Waals surface area contributed by atoms with Crippen LogP contribution in [0.1, 0.15) is 24.8 Å². The number of halogens is 1. The van der Waals surface area contributed by atoms with Crippen molar-refractivity contribution in [1.29, 1.82) is 0 Å². The maximum absolute atomic E-state index is 13.2. The lowest BCUT2D eigenvalue weighted by Crippen LogP contribution is -2.52. The fourth-order valence-corrected chi connectivity index (χ4v) is 4.99. The molecule has 2 aliphatic heterocycles. The number of amides is 1. The molecule has 0 unspecified atom stereocenters. The van der Waals surface area contributed by atoms with E-state index in [0.29, 0.717) is 32.4 Å². The van der Waals surface area contributed by atoms with Crippen LogP contribution in [0.4, 0.5) is 4.39 Å². The Morgan fingerprint density at radius 2 is 1.97 bits per heavy atom. The van der Waals surface area contributed by atoms with E-state index in [-0.39, 0.29) is 42.1 Å². The highest BCUT2D eigenvalue weighted by Crippen LogP contribution is 2.22. The highest BCUT2D eigenvalue weighted by molar-refractivity contribution is 7.93. The van der Waals surface area contributed by atoms with Gasteiger partial charge in [-0.1, -0.05) is 12.1 Å². The lowest BCUT2D eigenvalue weighted by atomic mass is 9.93. The van der Waals surface area contributed by atoms with Crippen molar-refractivity contribution in [2.75, 3.05) is 26.3 Å². The van der Waals surface area contributed by atoms with Gasteiger partial charge in [0.15, 0.2) is 0 Å². The smallest absolute Gasteiger partial charge is 0.241 e. The number of allylic oxidation sites excluding steroid dienone is 2. The zero-order chi connectivity index (χ0) is 21.6. The number of piperidine rings is 1. The van der Waals surface area contributed by atoms with Crippen LogP contribution in [-0.4, -0.2) is 56.7 Å². The maximum atomic E-state index is 13.2. The topological polar surface area (TPSA) is 98.7 Å². The average molecular weight is 438 g/mol. The molecule has 30 heavy (non-hydrogen) atoms. The molecule has 3 N–H and O–H groups in total. The van der Waals surface area contributed by atoms with Gasteiger partial charge in [-0.2, -0.15) is 4.72 Å². The summed E-state index contributed by atoms with van der Waals surface area (Å²) >= 11 is 0. The normalized spacial score (nSPS) is 18.6. The SMILES string of the molecule is O=C([C@H](Cc1ccc(O)cc1)NS(=O)(=O)C1=CC=CNC1)N1CCC(CCF)CC1. The van der Waals surface area contributed by atoms with Gasteiger partial charge in [0.1, 0.15) is 11.8 Å². The number of aromatic hydroxyl groups is 1. The van der Waals surface area contributed by atoms with Crippen molar-refractivity contribution in [2.24, 2.45) is 5.92 Å². The van der Waals surface area contributed by atoms with E-state index in [9.17, 15) is 22.7 Å². The summed E-state index contributed by atoms with van der Waals surface area (Å²) in [4.78, 5) is 15.0. The van der Waals surface area contributed by atoms with Gasteiger partial charge >= 0.3 is 0 Å². The first-order chi connectivity index (χ1) is 14.4. The number of rotatable bonds is 8. The largest absolute Gasteiger partial charge is 0.508 e. The monoisotopic (exact) mass is 437 g/mol. The van der Waals surface area contributed by atoms with Gasteiger partial charge in [0.25, 0.3) is 0 Å². The third kappa shape index (κ3) is 5.82. The zero-order valence-electron chi connectivity index (χ0n) is 16.8. The summed E-state index contributed by atoms with van der Waals surface area (Å²) in [5.74, 6) is 0.0733. The zero-order valence-corrected chi connectivity index (χ0v) is 17.6. The Kier molecular flexibility index (Phi) is 7.49. The van der Waals surface area contributed by atoms with Gasteiger partial charge in [0, 0.05) is 13.1 Å². The molecule has 2 heterocycles. The van der Waals surface area contributed by atoms with Crippen LogP contribution in [0.25, 0.3) is 0 Å². The van der Waals surface area contributed by atoms with Crippen molar-refractivity contribution in [3.05, 3.63) is 53.1 Å². The van der Waals surface area contributed by atoms with Gasteiger partial charge in [-0.05, 0) is 67.6 Å². The number of alkyl halides is 1. The minimum atomic E-state index is -3.86. The molecule has 1 amide bonds. The van der Waals surface area contributed by atoms with Crippen molar-refractivity contribution >= 4 is 15.9 Å². The van der Waals surface area contributed by atoms with Crippen LogP contribution < -0.4 is 10.0 Å². The fourth-order valence-electron chi connectivity index (χ4n) is 3.75. The number of hydrogen-bond donors (Lipinski definition) is 3.